The number of aromatic nitrogens is 1. The maximum atomic E-state index is 12.7. The Morgan fingerprint density at radius 2 is 2.17 bits per heavy atom. The lowest BCUT2D eigenvalue weighted by Crippen LogP contribution is -2.37. The zero-order valence-corrected chi connectivity index (χ0v) is 13.9. The first-order valence-electron chi connectivity index (χ1n) is 8.07. The molecule has 0 unspecified atom stereocenters. The molecule has 2 saturated heterocycles. The van der Waals surface area contributed by atoms with Crippen LogP contribution in [-0.2, 0) is 4.79 Å². The number of hydrogen-bond acceptors (Lipinski definition) is 4. The summed E-state index contributed by atoms with van der Waals surface area (Å²) in [5, 5.41) is 0. The quantitative estimate of drug-likeness (QED) is 0.839. The zero-order valence-electron chi connectivity index (χ0n) is 13.9. The van der Waals surface area contributed by atoms with E-state index in [9.17, 15) is 9.59 Å². The first-order chi connectivity index (χ1) is 11.0. The van der Waals surface area contributed by atoms with E-state index in [-0.39, 0.29) is 23.7 Å². The van der Waals surface area contributed by atoms with Crippen LogP contribution in [0.3, 0.4) is 0 Å². The van der Waals surface area contributed by atoms with Gasteiger partial charge in [0.05, 0.1) is 24.8 Å². The van der Waals surface area contributed by atoms with E-state index in [1.807, 2.05) is 4.90 Å². The van der Waals surface area contributed by atoms with Crippen LogP contribution >= 0.6 is 0 Å². The fourth-order valence-corrected chi connectivity index (χ4v) is 3.60. The second kappa shape index (κ2) is 6.18. The number of likely N-dealkylation sites (tertiary alicyclic amines) is 2. The summed E-state index contributed by atoms with van der Waals surface area (Å²) in [6, 6.07) is 1.67. The van der Waals surface area contributed by atoms with E-state index in [1.54, 1.807) is 23.4 Å². The third-order valence-electron chi connectivity index (χ3n) is 4.63. The number of nitrogens with zero attached hydrogens (tertiary/aromatic N) is 3. The molecule has 6 nitrogen and oxygen atoms in total. The summed E-state index contributed by atoms with van der Waals surface area (Å²) in [5.41, 5.74) is 0.508. The van der Waals surface area contributed by atoms with Gasteiger partial charge in [-0.1, -0.05) is 13.8 Å². The molecule has 124 valence electrons. The second-order valence-corrected chi connectivity index (χ2v) is 6.79. The molecule has 0 saturated carbocycles. The highest BCUT2D eigenvalue weighted by Gasteiger charge is 2.47. The molecule has 1 aromatic rings. The highest BCUT2D eigenvalue weighted by atomic mass is 16.5. The monoisotopic (exact) mass is 317 g/mol. The Labute approximate surface area is 136 Å². The van der Waals surface area contributed by atoms with Crippen molar-refractivity contribution in [2.24, 2.45) is 17.8 Å². The first kappa shape index (κ1) is 15.8. The molecule has 2 aliphatic rings. The zero-order chi connectivity index (χ0) is 16.6. The van der Waals surface area contributed by atoms with Gasteiger partial charge < -0.3 is 14.5 Å². The SMILES string of the molecule is COc1cnccc1C(=O)N1C[C@H]2CN(CC(C)C)C(=O)[C@H]2C1. The standard InChI is InChI=1S/C17H23N3O3/c1-11(2)7-19-8-12-9-20(10-14(12)17(19)22)16(21)13-4-5-18-6-15(13)23-3/h4-6,11-12,14H,7-10H2,1-3H3/t12-,14+/m1/s1. The Bertz CT molecular complexity index is 617. The van der Waals surface area contributed by atoms with Crippen molar-refractivity contribution in [3.05, 3.63) is 24.0 Å². The maximum Gasteiger partial charge on any atom is 0.257 e. The largest absolute Gasteiger partial charge is 0.494 e. The molecule has 0 spiro atoms. The van der Waals surface area contributed by atoms with Gasteiger partial charge in [0, 0.05) is 38.3 Å². The van der Waals surface area contributed by atoms with Crippen LogP contribution < -0.4 is 4.74 Å². The van der Waals surface area contributed by atoms with E-state index in [1.165, 1.54) is 7.11 Å². The van der Waals surface area contributed by atoms with Gasteiger partial charge in [0.1, 0.15) is 5.75 Å². The Morgan fingerprint density at radius 1 is 1.39 bits per heavy atom. The van der Waals surface area contributed by atoms with Crippen LogP contribution in [-0.4, -0.2) is 59.9 Å². The Balaban J connectivity index is 1.70. The number of carbonyl (C=O) groups is 2. The van der Waals surface area contributed by atoms with E-state index in [0.29, 0.717) is 30.3 Å². The Morgan fingerprint density at radius 3 is 2.83 bits per heavy atom. The highest BCUT2D eigenvalue weighted by molar-refractivity contribution is 5.97. The van der Waals surface area contributed by atoms with Gasteiger partial charge in [-0.05, 0) is 12.0 Å². The molecule has 2 fully saturated rings. The second-order valence-electron chi connectivity index (χ2n) is 6.79. The number of fused-ring (bicyclic) bond motifs is 1. The third-order valence-corrected chi connectivity index (χ3v) is 4.63. The van der Waals surface area contributed by atoms with Gasteiger partial charge in [-0.3, -0.25) is 14.6 Å². The molecule has 0 aromatic carbocycles. The van der Waals surface area contributed by atoms with Crippen LogP contribution in [0.15, 0.2) is 18.5 Å². The lowest BCUT2D eigenvalue weighted by Gasteiger charge is -2.23. The molecule has 23 heavy (non-hydrogen) atoms. The minimum absolute atomic E-state index is 0.0504. The predicted octanol–water partition coefficient (Wildman–Crippen LogP) is 1.28. The van der Waals surface area contributed by atoms with Crippen molar-refractivity contribution >= 4 is 11.8 Å². The minimum Gasteiger partial charge on any atom is -0.494 e. The summed E-state index contributed by atoms with van der Waals surface area (Å²) in [6.45, 7) is 6.94. The van der Waals surface area contributed by atoms with Gasteiger partial charge in [-0.15, -0.1) is 0 Å². The fourth-order valence-electron chi connectivity index (χ4n) is 3.60. The normalized spacial score (nSPS) is 23.6. The van der Waals surface area contributed by atoms with Gasteiger partial charge >= 0.3 is 0 Å². The van der Waals surface area contributed by atoms with Crippen molar-refractivity contribution in [2.45, 2.75) is 13.8 Å². The molecule has 0 bridgehead atoms. The highest BCUT2D eigenvalue weighted by Crippen LogP contribution is 2.34. The molecule has 2 aliphatic heterocycles. The van der Waals surface area contributed by atoms with E-state index in [2.05, 4.69) is 18.8 Å². The van der Waals surface area contributed by atoms with Crippen molar-refractivity contribution in [3.63, 3.8) is 0 Å². The Hall–Kier alpha value is -2.11. The minimum atomic E-state index is -0.0816. The summed E-state index contributed by atoms with van der Waals surface area (Å²) in [4.78, 5) is 32.9. The van der Waals surface area contributed by atoms with Crippen LogP contribution in [0.2, 0.25) is 0 Å². The summed E-state index contributed by atoms with van der Waals surface area (Å²) < 4.78 is 5.22. The van der Waals surface area contributed by atoms with Gasteiger partial charge in [-0.25, -0.2) is 0 Å². The van der Waals surface area contributed by atoms with Crippen molar-refractivity contribution in [3.8, 4) is 5.75 Å². The number of amides is 2. The molecule has 3 heterocycles. The molecule has 0 radical (unpaired) electrons. The van der Waals surface area contributed by atoms with Crippen LogP contribution in [0.4, 0.5) is 0 Å². The number of pyridine rings is 1. The van der Waals surface area contributed by atoms with Gasteiger partial charge in [0.15, 0.2) is 0 Å². The first-order valence-corrected chi connectivity index (χ1v) is 8.07. The molecule has 6 heteroatoms. The molecular weight excluding hydrogens is 294 g/mol. The number of ether oxygens (including phenoxy) is 1. The average Bonchev–Trinajstić information content (AvgIpc) is 3.06. The molecule has 0 N–H and O–H groups in total. The lowest BCUT2D eigenvalue weighted by atomic mass is 10.0. The van der Waals surface area contributed by atoms with E-state index >= 15 is 0 Å². The van der Waals surface area contributed by atoms with Crippen molar-refractivity contribution in [2.75, 3.05) is 33.3 Å². The van der Waals surface area contributed by atoms with E-state index in [0.717, 1.165) is 13.1 Å². The van der Waals surface area contributed by atoms with Crippen LogP contribution in [0.25, 0.3) is 0 Å². The van der Waals surface area contributed by atoms with Crippen molar-refractivity contribution in [1.29, 1.82) is 0 Å². The summed E-state index contributed by atoms with van der Waals surface area (Å²) in [7, 11) is 1.53. The maximum absolute atomic E-state index is 12.7. The predicted molar refractivity (Wildman–Crippen MR) is 85.1 cm³/mol. The van der Waals surface area contributed by atoms with Crippen LogP contribution in [0.1, 0.15) is 24.2 Å². The summed E-state index contributed by atoms with van der Waals surface area (Å²) in [5.74, 6) is 1.25. The molecule has 2 amide bonds. The molecule has 2 atom stereocenters. The Kier molecular flexibility index (Phi) is 4.24. The molecular formula is C17H23N3O3. The summed E-state index contributed by atoms with van der Waals surface area (Å²) in [6.07, 6.45) is 3.13. The van der Waals surface area contributed by atoms with Crippen LogP contribution in [0, 0.1) is 17.8 Å². The number of hydrogen-bond donors (Lipinski definition) is 0. The fraction of sp³-hybridized carbons (Fsp3) is 0.588. The van der Waals surface area contributed by atoms with Gasteiger partial charge in [0.2, 0.25) is 5.91 Å². The van der Waals surface area contributed by atoms with Crippen molar-refractivity contribution < 1.29 is 14.3 Å². The molecule has 0 aliphatic carbocycles. The van der Waals surface area contributed by atoms with Crippen LogP contribution in [0.5, 0.6) is 5.75 Å². The van der Waals surface area contributed by atoms with E-state index < -0.39 is 0 Å². The molecule has 1 aromatic heterocycles. The number of rotatable bonds is 4. The smallest absolute Gasteiger partial charge is 0.257 e. The van der Waals surface area contributed by atoms with E-state index in [4.69, 9.17) is 4.74 Å². The molecule has 3 rings (SSSR count). The number of carbonyl (C=O) groups excluding carboxylic acids is 2. The third kappa shape index (κ3) is 2.90. The van der Waals surface area contributed by atoms with Gasteiger partial charge in [-0.2, -0.15) is 0 Å². The lowest BCUT2D eigenvalue weighted by molar-refractivity contribution is -0.131. The summed E-state index contributed by atoms with van der Waals surface area (Å²) >= 11 is 0. The van der Waals surface area contributed by atoms with Crippen molar-refractivity contribution in [1.82, 2.24) is 14.8 Å². The number of methoxy groups -OCH3 is 1. The topological polar surface area (TPSA) is 62.7 Å². The average molecular weight is 317 g/mol. The van der Waals surface area contributed by atoms with Gasteiger partial charge in [0.25, 0.3) is 5.91 Å².